The zero-order chi connectivity index (χ0) is 40.7. The van der Waals surface area contributed by atoms with Crippen LogP contribution in [0.25, 0.3) is 101 Å². The molecular weight excluding hydrogens is 789 g/mol. The molecule has 10 aromatic carbocycles. The maximum absolute atomic E-state index is 2.45. The summed E-state index contributed by atoms with van der Waals surface area (Å²) in [6, 6.07) is 80.3. The Labute approximate surface area is 366 Å². The van der Waals surface area contributed by atoms with Gasteiger partial charge in [-0.15, -0.1) is 22.7 Å². The van der Waals surface area contributed by atoms with Gasteiger partial charge in [0.1, 0.15) is 0 Å². The van der Waals surface area contributed by atoms with E-state index in [9.17, 15) is 0 Å². The first kappa shape index (κ1) is 35.3. The van der Waals surface area contributed by atoms with Gasteiger partial charge >= 0.3 is 0 Å². The lowest BCUT2D eigenvalue weighted by atomic mass is 10.0. The van der Waals surface area contributed by atoms with Gasteiger partial charge in [-0.2, -0.15) is 0 Å². The van der Waals surface area contributed by atoms with E-state index in [1.165, 1.54) is 101 Å². The van der Waals surface area contributed by atoms with Gasteiger partial charge in [0.05, 0.1) is 21.4 Å². The van der Waals surface area contributed by atoms with Crippen molar-refractivity contribution in [1.82, 2.24) is 4.57 Å². The van der Waals surface area contributed by atoms with Gasteiger partial charge in [0.2, 0.25) is 0 Å². The predicted octanol–water partition coefficient (Wildman–Crippen LogP) is 17.5. The van der Waals surface area contributed by atoms with Gasteiger partial charge in [0, 0.05) is 68.9 Å². The van der Waals surface area contributed by atoms with Gasteiger partial charge in [-0.05, 0) is 88.3 Å². The van der Waals surface area contributed by atoms with Crippen molar-refractivity contribution in [3.8, 4) is 27.9 Å². The lowest BCUT2D eigenvalue weighted by molar-refractivity contribution is 1.19. The van der Waals surface area contributed by atoms with E-state index >= 15 is 0 Å². The maximum Gasteiger partial charge on any atom is 0.0640 e. The molecule has 2 nitrogen and oxygen atoms in total. The first-order chi connectivity index (χ1) is 30.7. The number of para-hydroxylation sites is 1. The molecule has 0 atom stereocenters. The molecule has 0 unspecified atom stereocenters. The standard InChI is InChI=1S/C58H36N2S2/c1-2-13-41(14-3-1)60-53-36-40(29-34-46(53)49-35-28-38-12-4-5-15-44(38)56(49)60)37-24-30-42(31-25-37)59(52-21-11-20-51-48-17-7-9-23-55(48)62-58(51)52)43-32-26-39(27-33-43)45-18-10-19-50-47-16-6-8-22-54(47)61-57(45)50/h1-36H. The fourth-order valence-corrected chi connectivity index (χ4v) is 12.2. The second-order valence-corrected chi connectivity index (χ2v) is 18.2. The van der Waals surface area contributed by atoms with Gasteiger partial charge < -0.3 is 9.47 Å². The molecule has 3 aromatic heterocycles. The van der Waals surface area contributed by atoms with Crippen molar-refractivity contribution in [2.75, 3.05) is 4.90 Å². The van der Waals surface area contributed by atoms with Crippen LogP contribution in [0.2, 0.25) is 0 Å². The lowest BCUT2D eigenvalue weighted by Gasteiger charge is -2.26. The number of aromatic nitrogens is 1. The summed E-state index contributed by atoms with van der Waals surface area (Å²) in [5, 5.41) is 10.3. The SMILES string of the molecule is c1ccc(-n2c3cc(-c4ccc(N(c5ccc(-c6cccc7c6sc6ccccc67)cc5)c5cccc6c5sc5ccccc56)cc4)ccc3c3ccc4ccccc4c32)cc1. The molecule has 0 aliphatic carbocycles. The van der Waals surface area contributed by atoms with E-state index in [1.54, 1.807) is 0 Å². The third kappa shape index (κ3) is 5.47. The number of anilines is 3. The highest BCUT2D eigenvalue weighted by atomic mass is 32.1. The van der Waals surface area contributed by atoms with Crippen LogP contribution < -0.4 is 4.90 Å². The molecular formula is C58H36N2S2. The number of benzene rings is 10. The number of hydrogen-bond acceptors (Lipinski definition) is 3. The fourth-order valence-electron chi connectivity index (χ4n) is 9.71. The molecule has 0 N–H and O–H groups in total. The van der Waals surface area contributed by atoms with Crippen LogP contribution in [0, 0.1) is 0 Å². The third-order valence-corrected chi connectivity index (χ3v) is 15.0. The third-order valence-electron chi connectivity index (χ3n) is 12.6. The second kappa shape index (κ2) is 14.0. The maximum atomic E-state index is 2.45. The first-order valence-corrected chi connectivity index (χ1v) is 22.7. The molecule has 0 amide bonds. The van der Waals surface area contributed by atoms with E-state index in [-0.39, 0.29) is 0 Å². The number of nitrogens with zero attached hydrogens (tertiary/aromatic N) is 2. The zero-order valence-corrected chi connectivity index (χ0v) is 35.1. The van der Waals surface area contributed by atoms with Crippen LogP contribution in [-0.4, -0.2) is 4.57 Å². The van der Waals surface area contributed by atoms with Gasteiger partial charge in [-0.25, -0.2) is 0 Å². The highest BCUT2D eigenvalue weighted by molar-refractivity contribution is 7.26. The molecule has 3 heterocycles. The minimum absolute atomic E-state index is 1.11. The Kier molecular flexibility index (Phi) is 7.99. The van der Waals surface area contributed by atoms with Crippen LogP contribution in [-0.2, 0) is 0 Å². The average Bonchev–Trinajstić information content (AvgIpc) is 4.02. The Hall–Kier alpha value is -7.50. The molecule has 13 rings (SSSR count). The summed E-state index contributed by atoms with van der Waals surface area (Å²) in [6.45, 7) is 0. The summed E-state index contributed by atoms with van der Waals surface area (Å²) < 4.78 is 7.68. The molecule has 0 aliphatic heterocycles. The van der Waals surface area contributed by atoms with E-state index in [4.69, 9.17) is 0 Å². The van der Waals surface area contributed by atoms with Crippen molar-refractivity contribution < 1.29 is 0 Å². The highest BCUT2D eigenvalue weighted by Gasteiger charge is 2.20. The quantitative estimate of drug-likeness (QED) is 0.162. The van der Waals surface area contributed by atoms with E-state index in [0.717, 1.165) is 17.1 Å². The van der Waals surface area contributed by atoms with Gasteiger partial charge in [0.15, 0.2) is 0 Å². The van der Waals surface area contributed by atoms with Gasteiger partial charge in [0.25, 0.3) is 0 Å². The van der Waals surface area contributed by atoms with Gasteiger partial charge in [-0.3, -0.25) is 0 Å². The number of hydrogen-bond donors (Lipinski definition) is 0. The van der Waals surface area contributed by atoms with Crippen LogP contribution in [0.15, 0.2) is 218 Å². The van der Waals surface area contributed by atoms with Crippen LogP contribution in [0.3, 0.4) is 0 Å². The second-order valence-electron chi connectivity index (χ2n) is 16.0. The summed E-state index contributed by atoms with van der Waals surface area (Å²) in [5.41, 5.74) is 11.9. The molecule has 0 aliphatic rings. The Bertz CT molecular complexity index is 3850. The molecule has 290 valence electrons. The number of thiophene rings is 2. The summed E-state index contributed by atoms with van der Waals surface area (Å²) in [7, 11) is 0. The fraction of sp³-hybridized carbons (Fsp3) is 0. The van der Waals surface area contributed by atoms with Crippen molar-refractivity contribution in [2.45, 2.75) is 0 Å². The minimum atomic E-state index is 1.11. The summed E-state index contributed by atoms with van der Waals surface area (Å²) in [6.07, 6.45) is 0. The van der Waals surface area contributed by atoms with Gasteiger partial charge in [-0.1, -0.05) is 158 Å². The predicted molar refractivity (Wildman–Crippen MR) is 270 cm³/mol. The topological polar surface area (TPSA) is 8.17 Å². The van der Waals surface area contributed by atoms with Crippen LogP contribution >= 0.6 is 22.7 Å². The number of fused-ring (bicyclic) bond motifs is 11. The summed E-state index contributed by atoms with van der Waals surface area (Å²) in [4.78, 5) is 2.44. The Morgan fingerprint density at radius 2 is 0.919 bits per heavy atom. The van der Waals surface area contributed by atoms with Crippen molar-refractivity contribution in [3.63, 3.8) is 0 Å². The molecule has 4 heteroatoms. The van der Waals surface area contributed by atoms with Crippen LogP contribution in [0.1, 0.15) is 0 Å². The summed E-state index contributed by atoms with van der Waals surface area (Å²) in [5.74, 6) is 0. The summed E-state index contributed by atoms with van der Waals surface area (Å²) >= 11 is 3.75. The van der Waals surface area contributed by atoms with Crippen molar-refractivity contribution in [2.24, 2.45) is 0 Å². The average molecular weight is 825 g/mol. The van der Waals surface area contributed by atoms with E-state index in [1.807, 2.05) is 22.7 Å². The highest BCUT2D eigenvalue weighted by Crippen LogP contribution is 2.47. The van der Waals surface area contributed by atoms with E-state index < -0.39 is 0 Å². The van der Waals surface area contributed by atoms with Crippen LogP contribution in [0.4, 0.5) is 17.1 Å². The normalized spacial score (nSPS) is 11.9. The largest absolute Gasteiger partial charge is 0.309 e. The zero-order valence-electron chi connectivity index (χ0n) is 33.5. The van der Waals surface area contributed by atoms with E-state index in [2.05, 4.69) is 228 Å². The molecule has 0 radical (unpaired) electrons. The Morgan fingerprint density at radius 1 is 0.355 bits per heavy atom. The molecule has 13 aromatic rings. The monoisotopic (exact) mass is 824 g/mol. The molecule has 62 heavy (non-hydrogen) atoms. The van der Waals surface area contributed by atoms with Crippen molar-refractivity contribution >= 4 is 113 Å². The Morgan fingerprint density at radius 3 is 1.66 bits per heavy atom. The first-order valence-electron chi connectivity index (χ1n) is 21.1. The van der Waals surface area contributed by atoms with Crippen molar-refractivity contribution in [1.29, 1.82) is 0 Å². The molecule has 0 saturated carbocycles. The lowest BCUT2D eigenvalue weighted by Crippen LogP contribution is -2.10. The van der Waals surface area contributed by atoms with Crippen molar-refractivity contribution in [3.05, 3.63) is 218 Å². The molecule has 0 saturated heterocycles. The molecule has 0 bridgehead atoms. The molecule has 0 spiro atoms. The number of rotatable bonds is 6. The Balaban J connectivity index is 0.950. The van der Waals surface area contributed by atoms with Crippen LogP contribution in [0.5, 0.6) is 0 Å². The molecule has 0 fully saturated rings. The minimum Gasteiger partial charge on any atom is -0.309 e. The smallest absolute Gasteiger partial charge is 0.0640 e. The van der Waals surface area contributed by atoms with E-state index in [0.29, 0.717) is 0 Å².